The van der Waals surface area contributed by atoms with Crippen LogP contribution in [0.4, 0.5) is 13.2 Å². The second-order valence-electron chi connectivity index (χ2n) is 8.09. The third-order valence-electron chi connectivity index (χ3n) is 5.37. The number of fused-ring (bicyclic) bond motifs is 2. The highest BCUT2D eigenvalue weighted by atomic mass is 35.5. The summed E-state index contributed by atoms with van der Waals surface area (Å²) in [6, 6.07) is 7.17. The summed E-state index contributed by atoms with van der Waals surface area (Å²) in [5.41, 5.74) is 0.725. The first kappa shape index (κ1) is 23.4. The maximum absolute atomic E-state index is 12.9. The van der Waals surface area contributed by atoms with Gasteiger partial charge in [0.2, 0.25) is 0 Å². The summed E-state index contributed by atoms with van der Waals surface area (Å²) in [5, 5.41) is 8.62. The fourth-order valence-corrected chi connectivity index (χ4v) is 4.30. The number of carboxylic acids is 1. The van der Waals surface area contributed by atoms with Crippen molar-refractivity contribution in [3.63, 3.8) is 0 Å². The minimum Gasteiger partial charge on any atom is -0.475 e. The minimum atomic E-state index is -5.08. The molecule has 0 radical (unpaired) electrons. The van der Waals surface area contributed by atoms with Crippen molar-refractivity contribution in [3.05, 3.63) is 35.0 Å². The van der Waals surface area contributed by atoms with Crippen LogP contribution in [-0.4, -0.2) is 79.9 Å². The number of rotatable bonds is 3. The van der Waals surface area contributed by atoms with E-state index >= 15 is 0 Å². The Hall–Kier alpha value is -2.30. The molecule has 31 heavy (non-hydrogen) atoms. The van der Waals surface area contributed by atoms with Crippen LogP contribution < -0.4 is 0 Å². The number of aliphatic carboxylic acids is 1. The standard InChI is InChI=1S/C18H21ClN2O3.C2HF3O2/c1-20(2)9-18-10-21(7-13(18)8-23-11-18)17(22)16-6-12-5-14(19)3-4-15(12)24-16;3-2(4,5)1(6)7/h3-6,13H,7-11H2,1-2H3;(H,6,7)/t13-,18+;/m1./s1. The molecule has 2 aliphatic rings. The molecule has 2 fully saturated rings. The highest BCUT2D eigenvalue weighted by Gasteiger charge is 2.52. The first-order chi connectivity index (χ1) is 14.4. The summed E-state index contributed by atoms with van der Waals surface area (Å²) in [4.78, 5) is 25.9. The molecule has 11 heteroatoms. The number of hydrogen-bond acceptors (Lipinski definition) is 5. The number of halogens is 4. The van der Waals surface area contributed by atoms with Gasteiger partial charge in [0.25, 0.3) is 5.91 Å². The zero-order chi connectivity index (χ0) is 23.0. The highest BCUT2D eigenvalue weighted by molar-refractivity contribution is 6.31. The van der Waals surface area contributed by atoms with Crippen molar-refractivity contribution in [3.8, 4) is 0 Å². The lowest BCUT2D eigenvalue weighted by Gasteiger charge is -2.30. The largest absolute Gasteiger partial charge is 0.490 e. The number of carbonyl (C=O) groups excluding carboxylic acids is 1. The number of likely N-dealkylation sites (tertiary alicyclic amines) is 1. The van der Waals surface area contributed by atoms with Crippen molar-refractivity contribution in [2.45, 2.75) is 6.18 Å². The molecule has 2 aromatic rings. The molecule has 0 aliphatic carbocycles. The van der Waals surface area contributed by atoms with Crippen molar-refractivity contribution in [1.82, 2.24) is 9.80 Å². The fourth-order valence-electron chi connectivity index (χ4n) is 4.12. The lowest BCUT2D eigenvalue weighted by atomic mass is 9.81. The minimum absolute atomic E-state index is 0.0362. The predicted octanol–water partition coefficient (Wildman–Crippen LogP) is 3.37. The van der Waals surface area contributed by atoms with Crippen LogP contribution in [-0.2, 0) is 9.53 Å². The number of carbonyl (C=O) groups is 2. The SMILES string of the molecule is CN(C)C[C@]12COC[C@H]1CN(C(=O)c1cc3cc(Cl)ccc3o1)C2.O=C(O)C(F)(F)F. The first-order valence-electron chi connectivity index (χ1n) is 9.42. The van der Waals surface area contributed by atoms with Crippen molar-refractivity contribution in [1.29, 1.82) is 0 Å². The Labute approximate surface area is 181 Å². The Morgan fingerprint density at radius 1 is 1.32 bits per heavy atom. The van der Waals surface area contributed by atoms with E-state index < -0.39 is 12.1 Å². The number of nitrogens with zero attached hydrogens (tertiary/aromatic N) is 2. The van der Waals surface area contributed by atoms with Crippen molar-refractivity contribution in [2.75, 3.05) is 46.9 Å². The second kappa shape index (κ2) is 8.68. The average Bonchev–Trinajstić information content (AvgIpc) is 3.31. The Balaban J connectivity index is 0.000000339. The van der Waals surface area contributed by atoms with Crippen LogP contribution in [0.15, 0.2) is 28.7 Å². The quantitative estimate of drug-likeness (QED) is 0.753. The van der Waals surface area contributed by atoms with E-state index in [4.69, 9.17) is 30.7 Å². The maximum atomic E-state index is 12.9. The van der Waals surface area contributed by atoms with Crippen LogP contribution in [0.1, 0.15) is 10.6 Å². The van der Waals surface area contributed by atoms with Gasteiger partial charge in [-0.05, 0) is 38.4 Å². The molecule has 1 aromatic carbocycles. The molecule has 2 aliphatic heterocycles. The van der Waals surface area contributed by atoms with Crippen LogP contribution in [0, 0.1) is 11.3 Å². The van der Waals surface area contributed by atoms with Gasteiger partial charge >= 0.3 is 12.1 Å². The van der Waals surface area contributed by atoms with Gasteiger partial charge < -0.3 is 24.1 Å². The van der Waals surface area contributed by atoms with Crippen LogP contribution in [0.25, 0.3) is 11.0 Å². The predicted molar refractivity (Wildman–Crippen MR) is 106 cm³/mol. The highest BCUT2D eigenvalue weighted by Crippen LogP contribution is 2.42. The molecular weight excluding hydrogens is 441 g/mol. The van der Waals surface area contributed by atoms with Gasteiger partial charge in [-0.3, -0.25) is 4.79 Å². The monoisotopic (exact) mass is 462 g/mol. The third kappa shape index (κ3) is 5.13. The fraction of sp³-hybridized carbons (Fsp3) is 0.500. The third-order valence-corrected chi connectivity index (χ3v) is 5.61. The normalized spacial score (nSPS) is 23.1. The van der Waals surface area contributed by atoms with E-state index in [9.17, 15) is 18.0 Å². The van der Waals surface area contributed by atoms with E-state index in [0.29, 0.717) is 28.8 Å². The van der Waals surface area contributed by atoms with Crippen LogP contribution in [0.5, 0.6) is 0 Å². The van der Waals surface area contributed by atoms with Crippen LogP contribution in [0.3, 0.4) is 0 Å². The molecular formula is C20H22ClF3N2O5. The summed E-state index contributed by atoms with van der Waals surface area (Å²) in [7, 11) is 4.13. The van der Waals surface area contributed by atoms with Crippen molar-refractivity contribution < 1.29 is 37.0 Å². The zero-order valence-electron chi connectivity index (χ0n) is 16.9. The zero-order valence-corrected chi connectivity index (χ0v) is 17.7. The number of alkyl halides is 3. The topological polar surface area (TPSA) is 83.2 Å². The molecule has 1 aromatic heterocycles. The van der Waals surface area contributed by atoms with Gasteiger partial charge in [-0.15, -0.1) is 0 Å². The van der Waals surface area contributed by atoms with Gasteiger partial charge in [0.1, 0.15) is 5.58 Å². The Bertz CT molecular complexity index is 977. The molecule has 0 bridgehead atoms. The molecule has 0 saturated carbocycles. The summed E-state index contributed by atoms with van der Waals surface area (Å²) in [5.74, 6) is -2.03. The first-order valence-corrected chi connectivity index (χ1v) is 9.80. The number of ether oxygens (including phenoxy) is 1. The number of benzene rings is 1. The molecule has 0 unspecified atom stereocenters. The summed E-state index contributed by atoms with van der Waals surface area (Å²) >= 11 is 6.01. The van der Waals surface area contributed by atoms with Crippen molar-refractivity contribution in [2.24, 2.45) is 11.3 Å². The van der Waals surface area contributed by atoms with Gasteiger partial charge in [-0.25, -0.2) is 4.79 Å². The average molecular weight is 463 g/mol. The molecule has 2 atom stereocenters. The van der Waals surface area contributed by atoms with E-state index in [1.54, 1.807) is 18.2 Å². The van der Waals surface area contributed by atoms with E-state index in [1.165, 1.54) is 0 Å². The molecule has 4 rings (SSSR count). The van der Waals surface area contributed by atoms with E-state index in [0.717, 1.165) is 31.7 Å². The summed E-state index contributed by atoms with van der Waals surface area (Å²) < 4.78 is 43.2. The smallest absolute Gasteiger partial charge is 0.475 e. The molecule has 1 N–H and O–H groups in total. The lowest BCUT2D eigenvalue weighted by Crippen LogP contribution is -2.41. The number of hydrogen-bond donors (Lipinski definition) is 1. The number of amides is 1. The van der Waals surface area contributed by atoms with Gasteiger partial charge in [-0.1, -0.05) is 11.6 Å². The summed E-state index contributed by atoms with van der Waals surface area (Å²) in [6.07, 6.45) is -5.08. The Morgan fingerprint density at radius 3 is 2.61 bits per heavy atom. The molecule has 3 heterocycles. The van der Waals surface area contributed by atoms with Gasteiger partial charge in [0.15, 0.2) is 5.76 Å². The van der Waals surface area contributed by atoms with Gasteiger partial charge in [0, 0.05) is 41.4 Å². The van der Waals surface area contributed by atoms with E-state index in [1.807, 2.05) is 11.0 Å². The second-order valence-corrected chi connectivity index (χ2v) is 8.53. The number of carboxylic acid groups (broad SMARTS) is 1. The Morgan fingerprint density at radius 2 is 2.00 bits per heavy atom. The van der Waals surface area contributed by atoms with E-state index in [-0.39, 0.29) is 11.3 Å². The van der Waals surface area contributed by atoms with Crippen LogP contribution in [0.2, 0.25) is 5.02 Å². The van der Waals surface area contributed by atoms with Gasteiger partial charge in [-0.2, -0.15) is 13.2 Å². The van der Waals surface area contributed by atoms with E-state index in [2.05, 4.69) is 19.0 Å². The molecule has 2 saturated heterocycles. The van der Waals surface area contributed by atoms with Gasteiger partial charge in [0.05, 0.1) is 13.2 Å². The maximum Gasteiger partial charge on any atom is 0.490 e. The lowest BCUT2D eigenvalue weighted by molar-refractivity contribution is -0.192. The molecule has 1 amide bonds. The molecule has 170 valence electrons. The van der Waals surface area contributed by atoms with Crippen molar-refractivity contribution >= 4 is 34.4 Å². The van der Waals surface area contributed by atoms with Crippen LogP contribution >= 0.6 is 11.6 Å². The Kier molecular flexibility index (Phi) is 6.54. The summed E-state index contributed by atoms with van der Waals surface area (Å²) in [6.45, 7) is 3.82. The molecule has 7 nitrogen and oxygen atoms in total. The molecule has 0 spiro atoms. The number of furan rings is 1.